The fourth-order valence-corrected chi connectivity index (χ4v) is 6.91. The van der Waals surface area contributed by atoms with Crippen LogP contribution in [0, 0.1) is 23.7 Å². The molecule has 5 rings (SSSR count). The van der Waals surface area contributed by atoms with Crippen molar-refractivity contribution in [2.45, 2.75) is 65.1 Å². The quantitative estimate of drug-likeness (QED) is 0.536. The fourth-order valence-electron chi connectivity index (χ4n) is 6.91. The topological polar surface area (TPSA) is 71.3 Å². The van der Waals surface area contributed by atoms with Crippen LogP contribution in [0.1, 0.15) is 73.6 Å². The standard InChI is InChI=1S/C31H42N2O4/c1-20(2)25-11-10-21(3)16-28(25)37-19-24(34)18-32-14-12-22(13-15-32)17-33-30(35)26-8-4-6-23-7-5-9-27(29(23)26)31(33)36/h4-9,20-22,24-25,28,34H,10-19H2,1-3H3/p+1/t21-,24+,25-,28+/m0/s1. The molecule has 2 heterocycles. The molecule has 2 aliphatic heterocycles. The Morgan fingerprint density at radius 3 is 2.27 bits per heavy atom. The van der Waals surface area contributed by atoms with Crippen LogP contribution in [-0.4, -0.2) is 66.8 Å². The molecule has 4 atom stereocenters. The van der Waals surface area contributed by atoms with E-state index in [4.69, 9.17) is 4.74 Å². The van der Waals surface area contributed by atoms with Gasteiger partial charge in [-0.25, -0.2) is 0 Å². The van der Waals surface area contributed by atoms with Crippen molar-refractivity contribution in [3.05, 3.63) is 47.5 Å². The van der Waals surface area contributed by atoms with E-state index in [1.165, 1.54) is 22.6 Å². The summed E-state index contributed by atoms with van der Waals surface area (Å²) in [6.07, 6.45) is 5.29. The highest BCUT2D eigenvalue weighted by Crippen LogP contribution is 2.35. The maximum atomic E-state index is 13.2. The van der Waals surface area contributed by atoms with Gasteiger partial charge in [-0.1, -0.05) is 51.5 Å². The maximum Gasteiger partial charge on any atom is 0.261 e. The molecule has 0 aromatic heterocycles. The molecule has 0 unspecified atom stereocenters. The van der Waals surface area contributed by atoms with Gasteiger partial charge in [0.1, 0.15) is 12.6 Å². The first kappa shape index (κ1) is 26.3. The number of likely N-dealkylation sites (tertiary alicyclic amines) is 1. The molecule has 1 saturated carbocycles. The molecule has 1 aliphatic carbocycles. The van der Waals surface area contributed by atoms with E-state index < -0.39 is 6.10 Å². The predicted octanol–water partition coefficient (Wildman–Crippen LogP) is 3.57. The number of imide groups is 1. The lowest BCUT2D eigenvalue weighted by molar-refractivity contribution is -0.909. The van der Waals surface area contributed by atoms with E-state index in [0.29, 0.717) is 54.5 Å². The summed E-state index contributed by atoms with van der Waals surface area (Å²) in [5.41, 5.74) is 1.26. The highest BCUT2D eigenvalue weighted by atomic mass is 16.5. The van der Waals surface area contributed by atoms with Gasteiger partial charge in [0.05, 0.1) is 25.8 Å². The van der Waals surface area contributed by atoms with Crippen molar-refractivity contribution in [2.75, 3.05) is 32.8 Å². The molecule has 2 fully saturated rings. The Labute approximate surface area is 221 Å². The first-order chi connectivity index (χ1) is 17.8. The Balaban J connectivity index is 1.11. The minimum atomic E-state index is -0.459. The Bertz CT molecular complexity index is 1070. The average Bonchev–Trinajstić information content (AvgIpc) is 2.89. The van der Waals surface area contributed by atoms with Crippen molar-refractivity contribution >= 4 is 22.6 Å². The molecule has 2 aromatic carbocycles. The number of piperidine rings is 1. The minimum Gasteiger partial charge on any atom is -0.385 e. The number of benzene rings is 2. The van der Waals surface area contributed by atoms with Crippen molar-refractivity contribution in [1.29, 1.82) is 0 Å². The van der Waals surface area contributed by atoms with Crippen LogP contribution in [0.25, 0.3) is 10.8 Å². The second kappa shape index (κ2) is 11.2. The van der Waals surface area contributed by atoms with Gasteiger partial charge in [0.15, 0.2) is 0 Å². The van der Waals surface area contributed by atoms with Gasteiger partial charge < -0.3 is 14.7 Å². The number of amides is 2. The Morgan fingerprint density at radius 2 is 1.65 bits per heavy atom. The third kappa shape index (κ3) is 5.62. The number of nitrogens with one attached hydrogen (secondary N) is 1. The third-order valence-electron chi connectivity index (χ3n) is 9.10. The number of hydrogen-bond acceptors (Lipinski definition) is 4. The van der Waals surface area contributed by atoms with Gasteiger partial charge in [0.2, 0.25) is 0 Å². The molecule has 2 aromatic rings. The van der Waals surface area contributed by atoms with Crippen molar-refractivity contribution in [3.8, 4) is 0 Å². The number of aliphatic hydroxyl groups excluding tert-OH is 1. The Morgan fingerprint density at radius 1 is 1.00 bits per heavy atom. The molecule has 200 valence electrons. The zero-order valence-corrected chi connectivity index (χ0v) is 22.6. The first-order valence-corrected chi connectivity index (χ1v) is 14.3. The lowest BCUT2D eigenvalue weighted by Gasteiger charge is -2.38. The van der Waals surface area contributed by atoms with Crippen LogP contribution < -0.4 is 4.90 Å². The summed E-state index contributed by atoms with van der Waals surface area (Å²) in [6.45, 7) is 10.3. The number of nitrogens with zero attached hydrogens (tertiary/aromatic N) is 1. The van der Waals surface area contributed by atoms with Gasteiger partial charge in [-0.3, -0.25) is 14.5 Å². The average molecular weight is 508 g/mol. The number of ether oxygens (including phenoxy) is 1. The molecule has 0 spiro atoms. The third-order valence-corrected chi connectivity index (χ3v) is 9.10. The maximum absolute atomic E-state index is 13.2. The van der Waals surface area contributed by atoms with Gasteiger partial charge in [0, 0.05) is 35.9 Å². The molecule has 1 saturated heterocycles. The smallest absolute Gasteiger partial charge is 0.261 e. The molecule has 0 bridgehead atoms. The zero-order valence-electron chi connectivity index (χ0n) is 22.6. The van der Waals surface area contributed by atoms with Crippen LogP contribution in [0.15, 0.2) is 36.4 Å². The molecule has 37 heavy (non-hydrogen) atoms. The largest absolute Gasteiger partial charge is 0.385 e. The number of quaternary nitrogens is 1. The Hall–Kier alpha value is -2.28. The van der Waals surface area contributed by atoms with E-state index in [1.54, 1.807) is 0 Å². The highest BCUT2D eigenvalue weighted by molar-refractivity contribution is 6.25. The molecular weight excluding hydrogens is 464 g/mol. The van der Waals surface area contributed by atoms with Gasteiger partial charge in [-0.05, 0) is 54.0 Å². The van der Waals surface area contributed by atoms with E-state index in [2.05, 4.69) is 20.8 Å². The van der Waals surface area contributed by atoms with Gasteiger partial charge >= 0.3 is 0 Å². The van der Waals surface area contributed by atoms with Crippen LogP contribution in [0.5, 0.6) is 0 Å². The summed E-state index contributed by atoms with van der Waals surface area (Å²) in [4.78, 5) is 29.3. The molecule has 2 N–H and O–H groups in total. The molecule has 0 radical (unpaired) electrons. The fraction of sp³-hybridized carbons (Fsp3) is 0.613. The highest BCUT2D eigenvalue weighted by Gasteiger charge is 2.36. The minimum absolute atomic E-state index is 0.173. The SMILES string of the molecule is CC(C)[C@@H]1CC[C@H](C)C[C@H]1OC[C@H](O)C[NH+]1CCC(CN2C(=O)c3cccc4cccc(c34)C2=O)CC1. The molecule has 6 heteroatoms. The number of rotatable bonds is 8. The summed E-state index contributed by atoms with van der Waals surface area (Å²) >= 11 is 0. The zero-order chi connectivity index (χ0) is 26.1. The summed E-state index contributed by atoms with van der Waals surface area (Å²) in [5.74, 6) is 1.85. The van der Waals surface area contributed by atoms with Gasteiger partial charge in [-0.2, -0.15) is 0 Å². The second-order valence-corrected chi connectivity index (χ2v) is 12.2. The van der Waals surface area contributed by atoms with E-state index in [0.717, 1.165) is 43.1 Å². The lowest BCUT2D eigenvalue weighted by atomic mass is 9.75. The van der Waals surface area contributed by atoms with E-state index in [1.807, 2.05) is 36.4 Å². The molecule has 6 nitrogen and oxygen atoms in total. The van der Waals surface area contributed by atoms with Crippen LogP contribution in [-0.2, 0) is 4.74 Å². The molecule has 3 aliphatic rings. The van der Waals surface area contributed by atoms with Crippen molar-refractivity contribution in [1.82, 2.24) is 4.90 Å². The first-order valence-electron chi connectivity index (χ1n) is 14.3. The van der Waals surface area contributed by atoms with Crippen molar-refractivity contribution in [2.24, 2.45) is 23.7 Å². The summed E-state index contributed by atoms with van der Waals surface area (Å²) < 4.78 is 6.28. The van der Waals surface area contributed by atoms with Crippen LogP contribution in [0.4, 0.5) is 0 Å². The number of aliphatic hydroxyl groups is 1. The second-order valence-electron chi connectivity index (χ2n) is 12.2. The predicted molar refractivity (Wildman–Crippen MR) is 145 cm³/mol. The summed E-state index contributed by atoms with van der Waals surface area (Å²) in [5, 5.41) is 12.5. The van der Waals surface area contributed by atoms with Crippen LogP contribution in [0.2, 0.25) is 0 Å². The van der Waals surface area contributed by atoms with Crippen molar-refractivity contribution in [3.63, 3.8) is 0 Å². The van der Waals surface area contributed by atoms with Crippen LogP contribution in [0.3, 0.4) is 0 Å². The summed E-state index contributed by atoms with van der Waals surface area (Å²) in [6, 6.07) is 11.4. The molecular formula is C31H43N2O4+. The van der Waals surface area contributed by atoms with Crippen LogP contribution >= 0.6 is 0 Å². The lowest BCUT2D eigenvalue weighted by Crippen LogP contribution is -3.14. The normalized spacial score (nSPS) is 29.2. The van der Waals surface area contributed by atoms with Gasteiger partial charge in [0.25, 0.3) is 11.8 Å². The monoisotopic (exact) mass is 507 g/mol. The molecule has 2 amide bonds. The Kier molecular flexibility index (Phi) is 7.99. The van der Waals surface area contributed by atoms with E-state index in [9.17, 15) is 14.7 Å². The summed E-state index contributed by atoms with van der Waals surface area (Å²) in [7, 11) is 0. The van der Waals surface area contributed by atoms with Gasteiger partial charge in [-0.15, -0.1) is 0 Å². The van der Waals surface area contributed by atoms with Crippen molar-refractivity contribution < 1.29 is 24.3 Å². The number of carbonyl (C=O) groups is 2. The number of carbonyl (C=O) groups excluding carboxylic acids is 2. The van der Waals surface area contributed by atoms with E-state index >= 15 is 0 Å². The number of hydrogen-bond donors (Lipinski definition) is 2. The van der Waals surface area contributed by atoms with E-state index in [-0.39, 0.29) is 17.9 Å².